The van der Waals surface area contributed by atoms with Gasteiger partial charge in [-0.25, -0.2) is 19.3 Å². The fraction of sp³-hybridized carbons (Fsp3) is 0.619. The van der Waals surface area contributed by atoms with Crippen molar-refractivity contribution < 1.29 is 32.3 Å². The summed E-state index contributed by atoms with van der Waals surface area (Å²) in [6, 6.07) is 3.73. The number of primary amides is 1. The van der Waals surface area contributed by atoms with Gasteiger partial charge in [-0.2, -0.15) is 12.7 Å². The normalized spacial score (nSPS) is 17.7. The summed E-state index contributed by atoms with van der Waals surface area (Å²) >= 11 is 1.64. The fourth-order valence-corrected chi connectivity index (χ4v) is 8.04. The fourth-order valence-electron chi connectivity index (χ4n) is 6.45. The van der Waals surface area contributed by atoms with Crippen LogP contribution < -0.4 is 21.5 Å². The minimum atomic E-state index is -3.65. The van der Waals surface area contributed by atoms with E-state index in [-0.39, 0.29) is 36.0 Å². The van der Waals surface area contributed by atoms with Gasteiger partial charge in [-0.1, -0.05) is 45.8 Å². The number of carbonyl (C=O) groups excluding carboxylic acids is 4. The van der Waals surface area contributed by atoms with Crippen molar-refractivity contribution in [2.24, 2.45) is 17.6 Å². The number of imidazole rings is 1. The second-order valence-electron chi connectivity index (χ2n) is 17.0. The molecule has 0 bridgehead atoms. The topological polar surface area (TPSA) is 219 Å². The molecule has 18 heteroatoms. The maximum Gasteiger partial charge on any atom is 0.408 e. The molecular weight excluding hydrogens is 809 g/mol. The van der Waals surface area contributed by atoms with E-state index >= 15 is 0 Å². The molecule has 0 spiro atoms. The quantitative estimate of drug-likeness (QED) is 0.108. The number of hydrogen-bond donors (Lipinski definition) is 4. The molecule has 3 unspecified atom stereocenters. The van der Waals surface area contributed by atoms with E-state index in [1.54, 1.807) is 32.1 Å². The predicted molar refractivity (Wildman–Crippen MR) is 237 cm³/mol. The number of aryl methyl sites for hydroxylation is 1. The maximum atomic E-state index is 12.3. The van der Waals surface area contributed by atoms with Gasteiger partial charge in [0.2, 0.25) is 17.7 Å². The Kier molecular flexibility index (Phi) is 18.1. The minimum absolute atomic E-state index is 0.0579. The number of ether oxygens (including phenoxy) is 1. The van der Waals surface area contributed by atoms with E-state index in [9.17, 15) is 32.4 Å². The number of unbranched alkanes of at least 4 members (excludes halogenated alkanes) is 3. The van der Waals surface area contributed by atoms with E-state index in [4.69, 9.17) is 15.5 Å². The largest absolute Gasteiger partial charge is 0.444 e. The molecule has 2 fully saturated rings. The van der Waals surface area contributed by atoms with Gasteiger partial charge < -0.3 is 25.7 Å². The van der Waals surface area contributed by atoms with Gasteiger partial charge >= 0.3 is 22.0 Å². The first-order chi connectivity index (χ1) is 28.0. The van der Waals surface area contributed by atoms with Crippen molar-refractivity contribution in [3.63, 3.8) is 0 Å². The van der Waals surface area contributed by atoms with Crippen molar-refractivity contribution in [1.82, 2.24) is 33.8 Å². The number of aromatic amines is 1. The highest BCUT2D eigenvalue weighted by Gasteiger charge is 2.42. The van der Waals surface area contributed by atoms with Crippen molar-refractivity contribution in [2.75, 3.05) is 27.2 Å². The van der Waals surface area contributed by atoms with E-state index in [1.807, 2.05) is 24.5 Å². The van der Waals surface area contributed by atoms with E-state index in [0.717, 1.165) is 56.4 Å². The molecule has 3 atom stereocenters. The molecule has 1 saturated carbocycles. The summed E-state index contributed by atoms with van der Waals surface area (Å²) < 4.78 is 32.9. The summed E-state index contributed by atoms with van der Waals surface area (Å²) in [5.74, 6) is -0.798. The van der Waals surface area contributed by atoms with Crippen molar-refractivity contribution in [3.05, 3.63) is 51.4 Å². The molecule has 334 valence electrons. The van der Waals surface area contributed by atoms with Crippen LogP contribution in [0.3, 0.4) is 0 Å². The van der Waals surface area contributed by atoms with Crippen LogP contribution in [0.1, 0.15) is 124 Å². The second-order valence-corrected chi connectivity index (χ2v) is 19.8. The minimum Gasteiger partial charge on any atom is -0.444 e. The summed E-state index contributed by atoms with van der Waals surface area (Å²) in [5, 5.41) is 5.44. The number of fused-ring (bicyclic) bond motifs is 1. The lowest BCUT2D eigenvalue weighted by atomic mass is 10.1. The van der Waals surface area contributed by atoms with E-state index in [2.05, 4.69) is 66.3 Å². The van der Waals surface area contributed by atoms with Crippen LogP contribution in [0.2, 0.25) is 0 Å². The standard InChI is InChI=1S/C17H21N3OS.C13H24N2O3S.C12H21N3O4/c1-9(2)13-8-22-16(18-13)12-6-11(5)7-14-15(12)19-17(21)20(14)10(3)4;1-4-5-6-7-8-9-11-10-12(11)13(16)14-19(17,18)15(2)3;1-12(2,3)19-11(18)14-7-9(16)15-6-4-5-8(15)10(13)17/h6-10H,1-5H3,(H,19,21);8-9,11-12H,4-7,10H2,1-3H3,(H,14,16);8H,4-7H2,1-3H3,(H2,13,17)(H,14,18)/b;9-8-;. The van der Waals surface area contributed by atoms with Crippen LogP contribution in [-0.4, -0.2) is 94.8 Å². The molecule has 1 saturated heterocycles. The zero-order chi connectivity index (χ0) is 45.1. The lowest BCUT2D eigenvalue weighted by molar-refractivity contribution is -0.136. The molecule has 1 aliphatic carbocycles. The molecule has 5 rings (SSSR count). The molecule has 3 heterocycles. The van der Waals surface area contributed by atoms with E-state index in [1.165, 1.54) is 38.3 Å². The highest BCUT2D eigenvalue weighted by molar-refractivity contribution is 7.87. The Hall–Kier alpha value is -4.55. The highest BCUT2D eigenvalue weighted by atomic mass is 32.2. The van der Waals surface area contributed by atoms with Crippen LogP contribution in [0.4, 0.5) is 4.79 Å². The molecule has 1 aromatic carbocycles. The maximum absolute atomic E-state index is 12.3. The third-order valence-corrected chi connectivity index (χ3v) is 12.1. The van der Waals surface area contributed by atoms with Crippen LogP contribution in [0.5, 0.6) is 0 Å². The molecular formula is C42H66N8O8S2. The molecule has 4 amide bonds. The Labute approximate surface area is 358 Å². The molecule has 16 nitrogen and oxygen atoms in total. The van der Waals surface area contributed by atoms with Gasteiger partial charge in [0.05, 0.1) is 16.7 Å². The van der Waals surface area contributed by atoms with E-state index < -0.39 is 39.8 Å². The summed E-state index contributed by atoms with van der Waals surface area (Å²) in [6.45, 7) is 18.0. The number of nitrogens with zero attached hydrogens (tertiary/aromatic N) is 4. The van der Waals surface area contributed by atoms with Gasteiger partial charge in [-0.05, 0) is 103 Å². The number of likely N-dealkylation sites (tertiary alicyclic amines) is 1. The summed E-state index contributed by atoms with van der Waals surface area (Å²) in [4.78, 5) is 67.6. The van der Waals surface area contributed by atoms with Crippen molar-refractivity contribution in [1.29, 1.82) is 0 Å². The molecule has 3 aromatic rings. The second kappa shape index (κ2) is 21.8. The molecule has 1 aliphatic heterocycles. The number of hydrogen-bond acceptors (Lipinski definition) is 10. The van der Waals surface area contributed by atoms with Crippen molar-refractivity contribution >= 4 is 56.4 Å². The number of nitrogens with two attached hydrogens (primary N) is 1. The number of carbonyl (C=O) groups is 4. The number of benzene rings is 1. The first-order valence-corrected chi connectivity index (χ1v) is 23.0. The number of thiazole rings is 1. The van der Waals surface area contributed by atoms with Gasteiger partial charge in [0.15, 0.2) is 0 Å². The SMILES string of the molecule is CC(C)(C)OC(=O)NCC(=O)N1CCCC1C(N)=O.CCCCC/C=C\C1CC1C(=O)NS(=O)(=O)N(C)C.Cc1cc(-c2nc(C(C)C)cs2)c2[nH]c(=O)n(C(C)C)c2c1. The molecule has 2 aromatic heterocycles. The number of H-pyrrole nitrogens is 1. The Morgan fingerprint density at radius 2 is 1.82 bits per heavy atom. The molecule has 60 heavy (non-hydrogen) atoms. The Balaban J connectivity index is 0.000000242. The first kappa shape index (κ1) is 49.8. The predicted octanol–water partition coefficient (Wildman–Crippen LogP) is 6.13. The van der Waals surface area contributed by atoms with Crippen molar-refractivity contribution in [2.45, 2.75) is 131 Å². The van der Waals surface area contributed by atoms with E-state index in [0.29, 0.717) is 18.9 Å². The van der Waals surface area contributed by atoms with Crippen molar-refractivity contribution in [3.8, 4) is 10.6 Å². The monoisotopic (exact) mass is 874 g/mol. The average molecular weight is 875 g/mol. The highest BCUT2D eigenvalue weighted by Crippen LogP contribution is 2.40. The first-order valence-electron chi connectivity index (χ1n) is 20.6. The number of amides is 4. The Morgan fingerprint density at radius 1 is 1.13 bits per heavy atom. The van der Waals surface area contributed by atoms with Crippen LogP contribution >= 0.6 is 11.3 Å². The number of nitrogens with one attached hydrogen (secondary N) is 3. The summed E-state index contributed by atoms with van der Waals surface area (Å²) in [6.07, 6.45) is 10.2. The Bertz CT molecular complexity index is 2150. The van der Waals surface area contributed by atoms with Gasteiger partial charge in [0.1, 0.15) is 23.2 Å². The number of allylic oxidation sites excluding steroid dienone is 2. The smallest absolute Gasteiger partial charge is 0.408 e. The number of alkyl carbamates (subject to hydrolysis) is 1. The van der Waals surface area contributed by atoms with Gasteiger partial charge in [-0.15, -0.1) is 11.3 Å². The van der Waals surface area contributed by atoms with Gasteiger partial charge in [0, 0.05) is 43.5 Å². The number of aromatic nitrogens is 3. The third kappa shape index (κ3) is 14.6. The number of rotatable bonds is 14. The average Bonchev–Trinajstić information content (AvgIpc) is 3.45. The lowest BCUT2D eigenvalue weighted by Crippen LogP contribution is -2.48. The summed E-state index contributed by atoms with van der Waals surface area (Å²) in [7, 11) is -0.856. The lowest BCUT2D eigenvalue weighted by Gasteiger charge is -2.23. The molecule has 0 radical (unpaired) electrons. The van der Waals surface area contributed by atoms with Crippen LogP contribution in [0.15, 0.2) is 34.5 Å². The van der Waals surface area contributed by atoms with Crippen LogP contribution in [0, 0.1) is 18.8 Å². The van der Waals surface area contributed by atoms with Gasteiger partial charge in [-0.3, -0.25) is 19.0 Å². The van der Waals surface area contributed by atoms with Crippen LogP contribution in [-0.2, 0) is 29.3 Å². The van der Waals surface area contributed by atoms with Crippen LogP contribution in [0.25, 0.3) is 21.6 Å². The summed E-state index contributed by atoms with van der Waals surface area (Å²) in [5.41, 5.74) is 9.64. The Morgan fingerprint density at radius 3 is 2.38 bits per heavy atom. The zero-order valence-corrected chi connectivity index (χ0v) is 38.7. The molecule has 5 N–H and O–H groups in total. The molecule has 2 aliphatic rings. The van der Waals surface area contributed by atoms with Gasteiger partial charge in [0.25, 0.3) is 0 Å². The zero-order valence-electron chi connectivity index (χ0n) is 37.1. The third-order valence-electron chi connectivity index (χ3n) is 9.76.